The number of hydrogen-bond acceptors (Lipinski definition) is 2. The van der Waals surface area contributed by atoms with Crippen LogP contribution in [0.4, 0.5) is 0 Å². The fraction of sp³-hybridized carbons (Fsp3) is 0.786. The second-order valence-corrected chi connectivity index (χ2v) is 6.69. The molecule has 0 aliphatic heterocycles. The Labute approximate surface area is 114 Å². The van der Waals surface area contributed by atoms with Crippen molar-refractivity contribution in [2.24, 2.45) is 0 Å². The smallest absolute Gasteiger partial charge is 0.330 e. The summed E-state index contributed by atoms with van der Waals surface area (Å²) in [5.41, 5.74) is 1.16. The molecule has 3 nitrogen and oxygen atoms in total. The Morgan fingerprint density at radius 2 is 2.06 bits per heavy atom. The highest BCUT2D eigenvalue weighted by Crippen LogP contribution is 2.21. The maximum Gasteiger partial charge on any atom is 0.330 e. The summed E-state index contributed by atoms with van der Waals surface area (Å²) in [6, 6.07) is 0. The summed E-state index contributed by atoms with van der Waals surface area (Å²) in [5, 5.41) is 8.78. The van der Waals surface area contributed by atoms with Gasteiger partial charge in [-0.15, -0.1) is 0 Å². The van der Waals surface area contributed by atoms with Crippen LogP contribution in [0.2, 0.25) is 5.54 Å². The Hall–Kier alpha value is -0.613. The van der Waals surface area contributed by atoms with Crippen LogP contribution >= 0.6 is 0 Å². The van der Waals surface area contributed by atoms with Crippen molar-refractivity contribution in [3.63, 3.8) is 0 Å². The molecule has 0 aromatic heterocycles. The lowest BCUT2D eigenvalue weighted by Crippen LogP contribution is -2.08. The van der Waals surface area contributed by atoms with Crippen LogP contribution in [0.15, 0.2) is 11.6 Å². The van der Waals surface area contributed by atoms with Crippen molar-refractivity contribution in [2.45, 2.75) is 64.8 Å². The van der Waals surface area contributed by atoms with Gasteiger partial charge in [0, 0.05) is 12.2 Å². The number of aliphatic carboxylic acids is 1. The molecular weight excluding hydrogens is 244 g/mol. The minimum absolute atomic E-state index is 0.444. The summed E-state index contributed by atoms with van der Waals surface area (Å²) in [7, 11) is -0.444. The van der Waals surface area contributed by atoms with Crippen molar-refractivity contribution < 1.29 is 14.3 Å². The molecule has 18 heavy (non-hydrogen) atoms. The number of carboxylic acid groups (broad SMARTS) is 1. The molecular formula is C14H28O3Si. The Bertz CT molecular complexity index is 251. The SMILES string of the molecule is CCCCCC(CC/C=C(\C)C(=O)O)[SiH2]OCC. The molecule has 0 saturated heterocycles. The molecule has 0 aromatic carbocycles. The van der Waals surface area contributed by atoms with Gasteiger partial charge in [0.05, 0.1) is 0 Å². The summed E-state index contributed by atoms with van der Waals surface area (Å²) in [5.74, 6) is -0.806. The quantitative estimate of drug-likeness (QED) is 0.357. The first-order valence-electron chi connectivity index (χ1n) is 7.09. The fourth-order valence-electron chi connectivity index (χ4n) is 1.90. The first-order chi connectivity index (χ1) is 8.61. The zero-order valence-corrected chi connectivity index (χ0v) is 13.5. The van der Waals surface area contributed by atoms with Gasteiger partial charge in [-0.25, -0.2) is 4.79 Å². The van der Waals surface area contributed by atoms with E-state index >= 15 is 0 Å². The van der Waals surface area contributed by atoms with Gasteiger partial charge in [-0.1, -0.05) is 38.7 Å². The minimum atomic E-state index is -0.806. The summed E-state index contributed by atoms with van der Waals surface area (Å²) >= 11 is 0. The molecule has 1 atom stereocenters. The van der Waals surface area contributed by atoms with Gasteiger partial charge in [0.15, 0.2) is 9.76 Å². The number of unbranched alkanes of at least 4 members (excludes halogenated alkanes) is 2. The molecule has 0 aliphatic rings. The maximum absolute atomic E-state index is 10.7. The van der Waals surface area contributed by atoms with Gasteiger partial charge in [-0.3, -0.25) is 0 Å². The van der Waals surface area contributed by atoms with Gasteiger partial charge in [-0.2, -0.15) is 0 Å². The molecule has 0 bridgehead atoms. The van der Waals surface area contributed by atoms with Gasteiger partial charge in [0.1, 0.15) is 0 Å². The number of allylic oxidation sites excluding steroid dienone is 1. The summed E-state index contributed by atoms with van der Waals surface area (Å²) in [4.78, 5) is 10.7. The number of carboxylic acids is 1. The largest absolute Gasteiger partial charge is 0.478 e. The van der Waals surface area contributed by atoms with Crippen LogP contribution in [0.5, 0.6) is 0 Å². The number of rotatable bonds is 11. The zero-order valence-electron chi connectivity index (χ0n) is 12.1. The molecule has 0 spiro atoms. The predicted octanol–water partition coefficient (Wildman–Crippen LogP) is 3.29. The first-order valence-corrected chi connectivity index (χ1v) is 8.48. The molecule has 0 saturated carbocycles. The minimum Gasteiger partial charge on any atom is -0.478 e. The lowest BCUT2D eigenvalue weighted by atomic mass is 10.1. The summed E-state index contributed by atoms with van der Waals surface area (Å²) in [6.45, 7) is 6.74. The highest BCUT2D eigenvalue weighted by atomic mass is 28.2. The number of hydrogen-bond donors (Lipinski definition) is 1. The maximum atomic E-state index is 10.7. The van der Waals surface area contributed by atoms with E-state index in [0.29, 0.717) is 11.1 Å². The van der Waals surface area contributed by atoms with Gasteiger partial charge in [0.2, 0.25) is 0 Å². The first kappa shape index (κ1) is 17.4. The van der Waals surface area contributed by atoms with E-state index in [9.17, 15) is 4.79 Å². The van der Waals surface area contributed by atoms with Crippen LogP contribution in [-0.2, 0) is 9.22 Å². The van der Waals surface area contributed by atoms with E-state index in [-0.39, 0.29) is 0 Å². The Morgan fingerprint density at radius 3 is 2.61 bits per heavy atom. The Balaban J connectivity index is 3.98. The standard InChI is InChI=1S/C14H28O3Si/c1-4-6-7-10-13(18-17-5-2)11-8-9-12(3)14(15)16/h9,13H,4-8,10-11,18H2,1-3H3,(H,15,16)/b12-9+. The third-order valence-electron chi connectivity index (χ3n) is 3.14. The van der Waals surface area contributed by atoms with Gasteiger partial charge >= 0.3 is 5.97 Å². The van der Waals surface area contributed by atoms with Crippen molar-refractivity contribution in [3.05, 3.63) is 11.6 Å². The van der Waals surface area contributed by atoms with Crippen LogP contribution < -0.4 is 0 Å². The molecule has 106 valence electrons. The van der Waals surface area contributed by atoms with Gasteiger partial charge in [0.25, 0.3) is 0 Å². The lowest BCUT2D eigenvalue weighted by Gasteiger charge is -2.15. The highest BCUT2D eigenvalue weighted by Gasteiger charge is 2.09. The zero-order chi connectivity index (χ0) is 13.8. The third-order valence-corrected chi connectivity index (χ3v) is 5.07. The summed E-state index contributed by atoms with van der Waals surface area (Å²) in [6.07, 6.45) is 8.87. The van der Waals surface area contributed by atoms with Crippen molar-refractivity contribution in [3.8, 4) is 0 Å². The average molecular weight is 272 g/mol. The third kappa shape index (κ3) is 9.42. The number of carbonyl (C=O) groups is 1. The van der Waals surface area contributed by atoms with Crippen LogP contribution in [0.25, 0.3) is 0 Å². The second-order valence-electron chi connectivity index (χ2n) is 4.79. The molecule has 0 fully saturated rings. The Kier molecular flexibility index (Phi) is 11.1. The molecule has 0 aliphatic carbocycles. The monoisotopic (exact) mass is 272 g/mol. The molecule has 0 rings (SSSR count). The molecule has 1 N–H and O–H groups in total. The van der Waals surface area contributed by atoms with Crippen LogP contribution in [0.3, 0.4) is 0 Å². The van der Waals surface area contributed by atoms with E-state index in [4.69, 9.17) is 9.53 Å². The van der Waals surface area contributed by atoms with Crippen LogP contribution in [0.1, 0.15) is 59.3 Å². The topological polar surface area (TPSA) is 46.5 Å². The van der Waals surface area contributed by atoms with Crippen molar-refractivity contribution in [1.29, 1.82) is 0 Å². The lowest BCUT2D eigenvalue weighted by molar-refractivity contribution is -0.132. The molecule has 0 radical (unpaired) electrons. The van der Waals surface area contributed by atoms with Crippen molar-refractivity contribution >= 4 is 15.7 Å². The fourth-order valence-corrected chi connectivity index (χ4v) is 3.33. The second kappa shape index (κ2) is 11.5. The van der Waals surface area contributed by atoms with E-state index in [2.05, 4.69) is 6.92 Å². The van der Waals surface area contributed by atoms with E-state index in [0.717, 1.165) is 19.4 Å². The van der Waals surface area contributed by atoms with Crippen LogP contribution in [0, 0.1) is 0 Å². The molecule has 1 unspecified atom stereocenters. The predicted molar refractivity (Wildman–Crippen MR) is 78.7 cm³/mol. The normalized spacial score (nSPS) is 14.3. The average Bonchev–Trinajstić information content (AvgIpc) is 2.35. The Morgan fingerprint density at radius 1 is 1.33 bits per heavy atom. The molecule has 0 heterocycles. The van der Waals surface area contributed by atoms with E-state index in [1.165, 1.54) is 25.7 Å². The molecule has 4 heteroatoms. The van der Waals surface area contributed by atoms with Crippen molar-refractivity contribution in [2.75, 3.05) is 6.61 Å². The van der Waals surface area contributed by atoms with Crippen LogP contribution in [-0.4, -0.2) is 27.4 Å². The van der Waals surface area contributed by atoms with E-state index in [1.54, 1.807) is 6.92 Å². The summed E-state index contributed by atoms with van der Waals surface area (Å²) < 4.78 is 5.63. The van der Waals surface area contributed by atoms with Crippen molar-refractivity contribution in [1.82, 2.24) is 0 Å². The van der Waals surface area contributed by atoms with E-state index < -0.39 is 15.7 Å². The molecule has 0 amide bonds. The van der Waals surface area contributed by atoms with Gasteiger partial charge < -0.3 is 9.53 Å². The van der Waals surface area contributed by atoms with E-state index in [1.807, 2.05) is 13.0 Å². The molecule has 0 aromatic rings. The highest BCUT2D eigenvalue weighted by molar-refractivity contribution is 6.29. The van der Waals surface area contributed by atoms with Gasteiger partial charge in [-0.05, 0) is 32.2 Å².